The topological polar surface area (TPSA) is 48.1 Å². The van der Waals surface area contributed by atoms with E-state index in [-0.39, 0.29) is 5.54 Å². The first-order chi connectivity index (χ1) is 7.18. The van der Waals surface area contributed by atoms with Gasteiger partial charge in [0.25, 0.3) is 0 Å². The molecule has 0 amide bonds. The Bertz CT molecular complexity index is 332. The molecule has 1 aromatic rings. The molecule has 2 N–H and O–H groups in total. The second kappa shape index (κ2) is 4.19. The first-order valence-electron chi connectivity index (χ1n) is 5.52. The van der Waals surface area contributed by atoms with Gasteiger partial charge in [0.05, 0.1) is 5.54 Å². The average Bonchev–Trinajstić information content (AvgIpc) is 2.63. The number of nitrogens with two attached hydrogens (primary N) is 1. The zero-order chi connectivity index (χ0) is 10.7. The van der Waals surface area contributed by atoms with E-state index in [2.05, 4.69) is 4.98 Å². The highest BCUT2D eigenvalue weighted by atomic mass is 16.5. The molecule has 1 fully saturated rings. The Morgan fingerprint density at radius 1 is 1.47 bits per heavy atom. The molecule has 0 unspecified atom stereocenters. The maximum Gasteiger partial charge on any atom is 0.213 e. The highest BCUT2D eigenvalue weighted by molar-refractivity contribution is 5.18. The van der Waals surface area contributed by atoms with Crippen molar-refractivity contribution in [2.75, 3.05) is 6.61 Å². The number of pyridine rings is 1. The molecule has 82 valence electrons. The van der Waals surface area contributed by atoms with Crippen LogP contribution in [0.3, 0.4) is 0 Å². The summed E-state index contributed by atoms with van der Waals surface area (Å²) in [6.07, 6.45) is 6.35. The second-order valence-corrected chi connectivity index (χ2v) is 4.53. The average molecular weight is 206 g/mol. The third-order valence-corrected chi connectivity index (χ3v) is 3.00. The normalized spacial score (nSPS) is 19.1. The Morgan fingerprint density at radius 2 is 2.20 bits per heavy atom. The molecule has 1 aromatic heterocycles. The van der Waals surface area contributed by atoms with E-state index in [1.54, 1.807) is 6.20 Å². The molecule has 0 aliphatic heterocycles. The van der Waals surface area contributed by atoms with E-state index in [0.29, 0.717) is 12.5 Å². The van der Waals surface area contributed by atoms with E-state index in [9.17, 15) is 0 Å². The number of aryl methyl sites for hydroxylation is 1. The summed E-state index contributed by atoms with van der Waals surface area (Å²) in [6, 6.07) is 3.90. The van der Waals surface area contributed by atoms with E-state index in [0.717, 1.165) is 18.4 Å². The van der Waals surface area contributed by atoms with Crippen molar-refractivity contribution < 1.29 is 4.74 Å². The van der Waals surface area contributed by atoms with Gasteiger partial charge in [-0.05, 0) is 31.4 Å². The smallest absolute Gasteiger partial charge is 0.213 e. The van der Waals surface area contributed by atoms with Crippen LogP contribution < -0.4 is 10.5 Å². The predicted octanol–water partition coefficient (Wildman–Crippen LogP) is 2.04. The molecular weight excluding hydrogens is 188 g/mol. The fourth-order valence-electron chi connectivity index (χ4n) is 2.03. The summed E-state index contributed by atoms with van der Waals surface area (Å²) >= 11 is 0. The number of rotatable bonds is 3. The van der Waals surface area contributed by atoms with Gasteiger partial charge in [0.1, 0.15) is 6.61 Å². The van der Waals surface area contributed by atoms with Gasteiger partial charge in [0, 0.05) is 12.3 Å². The molecule has 3 heteroatoms. The van der Waals surface area contributed by atoms with Crippen molar-refractivity contribution in [1.29, 1.82) is 0 Å². The molecule has 0 spiro atoms. The minimum absolute atomic E-state index is 0.120. The zero-order valence-electron chi connectivity index (χ0n) is 9.20. The molecular formula is C12H18N2O. The second-order valence-electron chi connectivity index (χ2n) is 4.53. The van der Waals surface area contributed by atoms with Gasteiger partial charge in [0.2, 0.25) is 5.88 Å². The van der Waals surface area contributed by atoms with Crippen LogP contribution in [-0.2, 0) is 0 Å². The van der Waals surface area contributed by atoms with Crippen molar-refractivity contribution in [2.24, 2.45) is 5.73 Å². The summed E-state index contributed by atoms with van der Waals surface area (Å²) in [6.45, 7) is 2.62. The minimum atomic E-state index is -0.120. The lowest BCUT2D eigenvalue weighted by atomic mass is 10.0. The number of hydrogen-bond donors (Lipinski definition) is 1. The Morgan fingerprint density at radius 3 is 2.87 bits per heavy atom. The van der Waals surface area contributed by atoms with Gasteiger partial charge in [-0.3, -0.25) is 0 Å². The van der Waals surface area contributed by atoms with Crippen molar-refractivity contribution >= 4 is 0 Å². The van der Waals surface area contributed by atoms with E-state index < -0.39 is 0 Å². The van der Waals surface area contributed by atoms with E-state index in [1.165, 1.54) is 12.8 Å². The fraction of sp³-hybridized carbons (Fsp3) is 0.583. The van der Waals surface area contributed by atoms with Crippen LogP contribution in [-0.4, -0.2) is 17.1 Å². The van der Waals surface area contributed by atoms with E-state index in [4.69, 9.17) is 10.5 Å². The highest BCUT2D eigenvalue weighted by Crippen LogP contribution is 2.27. The van der Waals surface area contributed by atoms with Crippen molar-refractivity contribution in [2.45, 2.75) is 38.1 Å². The summed E-state index contributed by atoms with van der Waals surface area (Å²) in [5, 5.41) is 0. The molecule has 1 saturated carbocycles. The predicted molar refractivity (Wildman–Crippen MR) is 59.9 cm³/mol. The SMILES string of the molecule is Cc1ccnc(OCC2(N)CCCC2)c1. The van der Waals surface area contributed by atoms with Crippen molar-refractivity contribution in [1.82, 2.24) is 4.98 Å². The minimum Gasteiger partial charge on any atom is -0.476 e. The summed E-state index contributed by atoms with van der Waals surface area (Å²) in [4.78, 5) is 4.15. The summed E-state index contributed by atoms with van der Waals surface area (Å²) in [7, 11) is 0. The molecule has 0 bridgehead atoms. The molecule has 1 heterocycles. The van der Waals surface area contributed by atoms with Crippen LogP contribution in [0.5, 0.6) is 5.88 Å². The number of ether oxygens (including phenoxy) is 1. The van der Waals surface area contributed by atoms with Crippen LogP contribution in [0.2, 0.25) is 0 Å². The molecule has 3 nitrogen and oxygen atoms in total. The van der Waals surface area contributed by atoms with E-state index >= 15 is 0 Å². The zero-order valence-corrected chi connectivity index (χ0v) is 9.20. The standard InChI is InChI=1S/C12H18N2O/c1-10-4-7-14-11(8-10)15-9-12(13)5-2-3-6-12/h4,7-8H,2-3,5-6,9,13H2,1H3. The monoisotopic (exact) mass is 206 g/mol. The third-order valence-electron chi connectivity index (χ3n) is 3.00. The first kappa shape index (κ1) is 10.4. The number of hydrogen-bond acceptors (Lipinski definition) is 3. The highest BCUT2D eigenvalue weighted by Gasteiger charge is 2.30. The molecule has 0 radical (unpaired) electrons. The first-order valence-corrected chi connectivity index (χ1v) is 5.52. The Labute approximate surface area is 90.7 Å². The lowest BCUT2D eigenvalue weighted by molar-refractivity contribution is 0.213. The molecule has 0 atom stereocenters. The molecule has 15 heavy (non-hydrogen) atoms. The molecule has 1 aliphatic carbocycles. The van der Waals surface area contributed by atoms with E-state index in [1.807, 2.05) is 19.1 Å². The molecule has 2 rings (SSSR count). The maximum atomic E-state index is 6.19. The van der Waals surface area contributed by atoms with Crippen LogP contribution in [0.4, 0.5) is 0 Å². The van der Waals surface area contributed by atoms with Gasteiger partial charge in [-0.1, -0.05) is 12.8 Å². The Hall–Kier alpha value is -1.09. The molecule has 1 aliphatic rings. The Kier molecular flexibility index (Phi) is 2.91. The lowest BCUT2D eigenvalue weighted by Crippen LogP contribution is -2.42. The van der Waals surface area contributed by atoms with Gasteiger partial charge in [-0.25, -0.2) is 4.98 Å². The fourth-order valence-corrected chi connectivity index (χ4v) is 2.03. The summed E-state index contributed by atoms with van der Waals surface area (Å²) in [5.41, 5.74) is 7.24. The van der Waals surface area contributed by atoms with Crippen LogP contribution in [0.25, 0.3) is 0 Å². The quantitative estimate of drug-likeness (QED) is 0.823. The largest absolute Gasteiger partial charge is 0.476 e. The summed E-state index contributed by atoms with van der Waals surface area (Å²) in [5.74, 6) is 0.687. The Balaban J connectivity index is 1.92. The van der Waals surface area contributed by atoms with Gasteiger partial charge in [0.15, 0.2) is 0 Å². The molecule has 0 aromatic carbocycles. The van der Waals surface area contributed by atoms with Crippen molar-refractivity contribution in [3.63, 3.8) is 0 Å². The number of aromatic nitrogens is 1. The van der Waals surface area contributed by atoms with Gasteiger partial charge in [-0.15, -0.1) is 0 Å². The van der Waals surface area contributed by atoms with Crippen LogP contribution in [0.1, 0.15) is 31.2 Å². The van der Waals surface area contributed by atoms with Gasteiger partial charge >= 0.3 is 0 Å². The summed E-state index contributed by atoms with van der Waals surface area (Å²) < 4.78 is 5.64. The van der Waals surface area contributed by atoms with Crippen LogP contribution in [0.15, 0.2) is 18.3 Å². The van der Waals surface area contributed by atoms with Crippen molar-refractivity contribution in [3.8, 4) is 5.88 Å². The third kappa shape index (κ3) is 2.69. The molecule has 0 saturated heterocycles. The van der Waals surface area contributed by atoms with Gasteiger partial charge < -0.3 is 10.5 Å². The van der Waals surface area contributed by atoms with Crippen LogP contribution >= 0.6 is 0 Å². The van der Waals surface area contributed by atoms with Crippen molar-refractivity contribution in [3.05, 3.63) is 23.9 Å². The van der Waals surface area contributed by atoms with Gasteiger partial charge in [-0.2, -0.15) is 0 Å². The maximum absolute atomic E-state index is 6.19. The number of nitrogens with zero attached hydrogens (tertiary/aromatic N) is 1. The lowest BCUT2D eigenvalue weighted by Gasteiger charge is -2.23. The van der Waals surface area contributed by atoms with Crippen LogP contribution in [0, 0.1) is 6.92 Å².